The van der Waals surface area contributed by atoms with Gasteiger partial charge in [-0.05, 0) is 65.7 Å². The Morgan fingerprint density at radius 2 is 1.66 bits per heavy atom. The number of hydrogen-bond acceptors (Lipinski definition) is 5. The number of imide groups is 1. The summed E-state index contributed by atoms with van der Waals surface area (Å²) >= 11 is 0.859. The normalized spacial score (nSPS) is 18.3. The number of carbonyl (C=O) groups excluding carboxylic acids is 3. The molecule has 2 aliphatic heterocycles. The quantitative estimate of drug-likeness (QED) is 0.390. The van der Waals surface area contributed by atoms with Crippen LogP contribution in [-0.2, 0) is 11.3 Å². The summed E-state index contributed by atoms with van der Waals surface area (Å²) in [6.07, 6.45) is 1.65. The molecule has 0 saturated carbocycles. The Morgan fingerprint density at radius 1 is 0.947 bits per heavy atom. The average molecular weight is 530 g/mol. The van der Waals surface area contributed by atoms with E-state index in [4.69, 9.17) is 0 Å². The molecule has 5 rings (SSSR count). The molecule has 0 spiro atoms. The molecule has 6 nitrogen and oxygen atoms in total. The third-order valence-corrected chi connectivity index (χ3v) is 7.90. The first-order valence-electron chi connectivity index (χ1n) is 12.6. The molecule has 2 fully saturated rings. The summed E-state index contributed by atoms with van der Waals surface area (Å²) in [5, 5.41) is -0.391. The van der Waals surface area contributed by atoms with Gasteiger partial charge in [-0.2, -0.15) is 0 Å². The molecule has 3 aromatic carbocycles. The molecule has 0 aromatic heterocycles. The first kappa shape index (κ1) is 25.9. The molecule has 2 heterocycles. The largest absolute Gasteiger partial charge is 0.336 e. The van der Waals surface area contributed by atoms with Crippen molar-refractivity contribution >= 4 is 34.9 Å². The second-order valence-electron chi connectivity index (χ2n) is 9.43. The van der Waals surface area contributed by atoms with E-state index in [1.54, 1.807) is 42.5 Å². The number of thioether (sulfide) groups is 1. The van der Waals surface area contributed by atoms with E-state index in [1.807, 2.05) is 23.1 Å². The summed E-state index contributed by atoms with van der Waals surface area (Å²) < 4.78 is 13.5. The molecular formula is C30H28FN3O3S. The summed E-state index contributed by atoms with van der Waals surface area (Å²) in [4.78, 5) is 44.0. The Balaban J connectivity index is 1.19. The molecule has 38 heavy (non-hydrogen) atoms. The Labute approximate surface area is 225 Å². The van der Waals surface area contributed by atoms with Crippen LogP contribution in [0.1, 0.15) is 40.0 Å². The average Bonchev–Trinajstić information content (AvgIpc) is 3.20. The van der Waals surface area contributed by atoms with Crippen LogP contribution >= 0.6 is 11.8 Å². The minimum absolute atomic E-state index is 0.0148. The fourth-order valence-corrected chi connectivity index (χ4v) is 5.60. The van der Waals surface area contributed by atoms with Crippen molar-refractivity contribution in [1.29, 1.82) is 0 Å². The van der Waals surface area contributed by atoms with Gasteiger partial charge >= 0.3 is 0 Å². The molecule has 1 unspecified atom stereocenters. The van der Waals surface area contributed by atoms with Gasteiger partial charge in [0.15, 0.2) is 0 Å². The van der Waals surface area contributed by atoms with Gasteiger partial charge in [0.1, 0.15) is 5.82 Å². The number of rotatable bonds is 6. The number of carbonyl (C=O) groups is 3. The van der Waals surface area contributed by atoms with Crippen molar-refractivity contribution in [3.63, 3.8) is 0 Å². The predicted octanol–water partition coefficient (Wildman–Crippen LogP) is 5.58. The van der Waals surface area contributed by atoms with E-state index < -0.39 is 17.0 Å². The highest BCUT2D eigenvalue weighted by Gasteiger charge is 2.35. The molecule has 8 heteroatoms. The third-order valence-electron chi connectivity index (χ3n) is 6.99. The van der Waals surface area contributed by atoms with Crippen LogP contribution in [0.25, 0.3) is 6.08 Å². The lowest BCUT2D eigenvalue weighted by molar-refractivity contribution is -0.123. The topological polar surface area (TPSA) is 60.9 Å². The second kappa shape index (κ2) is 11.3. The maximum Gasteiger partial charge on any atom is 0.293 e. The maximum absolute atomic E-state index is 13.5. The zero-order chi connectivity index (χ0) is 26.6. The van der Waals surface area contributed by atoms with Gasteiger partial charge in [-0.1, -0.05) is 54.6 Å². The summed E-state index contributed by atoms with van der Waals surface area (Å²) in [5.41, 5.74) is 3.13. The lowest BCUT2D eigenvalue weighted by Crippen LogP contribution is -2.49. The maximum atomic E-state index is 13.5. The van der Waals surface area contributed by atoms with Gasteiger partial charge in [0.2, 0.25) is 0 Å². The number of benzene rings is 3. The van der Waals surface area contributed by atoms with E-state index >= 15 is 0 Å². The number of hydrogen-bond donors (Lipinski definition) is 0. The van der Waals surface area contributed by atoms with Gasteiger partial charge in [-0.25, -0.2) is 4.39 Å². The molecule has 1 atom stereocenters. The van der Waals surface area contributed by atoms with Gasteiger partial charge in [0.05, 0.1) is 11.4 Å². The van der Waals surface area contributed by atoms with Crippen molar-refractivity contribution in [2.45, 2.75) is 19.5 Å². The molecule has 194 valence electrons. The molecule has 2 saturated heterocycles. The van der Waals surface area contributed by atoms with Crippen molar-refractivity contribution < 1.29 is 18.8 Å². The highest BCUT2D eigenvalue weighted by Crippen LogP contribution is 2.33. The SMILES string of the molecule is CC(c1ccccc1)N1CCN(C(=O)c2ccc(C=C3SC(=O)N(Cc4cccc(F)c4)C3=O)cc2)CC1. The van der Waals surface area contributed by atoms with Crippen molar-refractivity contribution in [2.75, 3.05) is 26.2 Å². The summed E-state index contributed by atoms with van der Waals surface area (Å²) in [6, 6.07) is 23.6. The van der Waals surface area contributed by atoms with E-state index in [1.165, 1.54) is 17.7 Å². The highest BCUT2D eigenvalue weighted by molar-refractivity contribution is 8.18. The summed E-state index contributed by atoms with van der Waals surface area (Å²) in [6.45, 7) is 5.16. The van der Waals surface area contributed by atoms with Crippen LogP contribution < -0.4 is 0 Å². The molecular weight excluding hydrogens is 501 g/mol. The third kappa shape index (κ3) is 5.71. The standard InChI is InChI=1S/C30H28FN3O3S/c1-21(24-7-3-2-4-8-24)32-14-16-33(17-15-32)28(35)25-12-10-22(11-13-25)19-27-29(36)34(30(37)38-27)20-23-6-5-9-26(31)18-23/h2-13,18-19,21H,14-17,20H2,1H3. The van der Waals surface area contributed by atoms with Crippen molar-refractivity contribution in [1.82, 2.24) is 14.7 Å². The van der Waals surface area contributed by atoms with Gasteiger partial charge in [-0.3, -0.25) is 24.2 Å². The van der Waals surface area contributed by atoms with Gasteiger partial charge in [0.25, 0.3) is 17.1 Å². The van der Waals surface area contributed by atoms with E-state index in [2.05, 4.69) is 24.0 Å². The van der Waals surface area contributed by atoms with Crippen LogP contribution in [0.2, 0.25) is 0 Å². The Bertz CT molecular complexity index is 1370. The Morgan fingerprint density at radius 3 is 2.34 bits per heavy atom. The Hall–Kier alpha value is -3.75. The van der Waals surface area contributed by atoms with E-state index in [-0.39, 0.29) is 12.5 Å². The molecule has 0 aliphatic carbocycles. The molecule has 0 N–H and O–H groups in total. The summed E-state index contributed by atoms with van der Waals surface area (Å²) in [7, 11) is 0. The lowest BCUT2D eigenvalue weighted by Gasteiger charge is -2.38. The van der Waals surface area contributed by atoms with Crippen LogP contribution in [0.4, 0.5) is 9.18 Å². The van der Waals surface area contributed by atoms with Crippen molar-refractivity contribution in [3.05, 3.63) is 112 Å². The molecule has 3 aromatic rings. The fourth-order valence-electron chi connectivity index (χ4n) is 4.76. The Kier molecular flexibility index (Phi) is 7.72. The van der Waals surface area contributed by atoms with Gasteiger partial charge < -0.3 is 4.90 Å². The summed E-state index contributed by atoms with van der Waals surface area (Å²) in [5.74, 6) is -0.839. The zero-order valence-electron chi connectivity index (χ0n) is 21.0. The smallest absolute Gasteiger partial charge is 0.293 e. The molecule has 0 bridgehead atoms. The fraction of sp³-hybridized carbons (Fsp3) is 0.233. The first-order valence-corrected chi connectivity index (χ1v) is 13.4. The van der Waals surface area contributed by atoms with Gasteiger partial charge in [-0.15, -0.1) is 0 Å². The number of amides is 3. The first-order chi connectivity index (χ1) is 18.4. The second-order valence-corrected chi connectivity index (χ2v) is 10.4. The molecule has 3 amide bonds. The van der Waals surface area contributed by atoms with Crippen LogP contribution in [0.5, 0.6) is 0 Å². The predicted molar refractivity (Wildman–Crippen MR) is 147 cm³/mol. The van der Waals surface area contributed by atoms with E-state index in [0.29, 0.717) is 35.2 Å². The van der Waals surface area contributed by atoms with Crippen LogP contribution in [0.15, 0.2) is 83.8 Å². The number of halogens is 1. The van der Waals surface area contributed by atoms with E-state index in [9.17, 15) is 18.8 Å². The number of piperazine rings is 1. The molecule has 2 aliphatic rings. The molecule has 0 radical (unpaired) electrons. The minimum Gasteiger partial charge on any atom is -0.336 e. The zero-order valence-corrected chi connectivity index (χ0v) is 21.9. The van der Waals surface area contributed by atoms with E-state index in [0.717, 1.165) is 35.3 Å². The monoisotopic (exact) mass is 529 g/mol. The van der Waals surface area contributed by atoms with Crippen molar-refractivity contribution in [3.8, 4) is 0 Å². The highest BCUT2D eigenvalue weighted by atomic mass is 32.2. The van der Waals surface area contributed by atoms with Crippen molar-refractivity contribution in [2.24, 2.45) is 0 Å². The minimum atomic E-state index is -0.414. The van der Waals surface area contributed by atoms with Crippen LogP contribution in [0, 0.1) is 5.82 Å². The lowest BCUT2D eigenvalue weighted by atomic mass is 10.1. The van der Waals surface area contributed by atoms with Crippen LogP contribution in [0.3, 0.4) is 0 Å². The number of nitrogens with zero attached hydrogens (tertiary/aromatic N) is 3. The van der Waals surface area contributed by atoms with Crippen LogP contribution in [-0.4, -0.2) is 57.9 Å². The van der Waals surface area contributed by atoms with Gasteiger partial charge in [0, 0.05) is 37.8 Å².